The summed E-state index contributed by atoms with van der Waals surface area (Å²) in [7, 11) is 0. The third-order valence-corrected chi connectivity index (χ3v) is 4.46. The van der Waals surface area contributed by atoms with Gasteiger partial charge in [-0.25, -0.2) is 4.79 Å². The van der Waals surface area contributed by atoms with Crippen molar-refractivity contribution in [3.8, 4) is 0 Å². The van der Waals surface area contributed by atoms with Gasteiger partial charge in [0.15, 0.2) is 0 Å². The van der Waals surface area contributed by atoms with Crippen LogP contribution in [0.15, 0.2) is 30.3 Å². The third-order valence-electron chi connectivity index (χ3n) is 4.46. The number of nitrogens with one attached hydrogen (secondary N) is 1. The molecule has 1 unspecified atom stereocenters. The van der Waals surface area contributed by atoms with Gasteiger partial charge in [0, 0.05) is 18.8 Å². The number of aromatic nitrogens is 2. The van der Waals surface area contributed by atoms with E-state index >= 15 is 0 Å². The molecule has 2 N–H and O–H groups in total. The molecule has 1 atom stereocenters. The lowest BCUT2D eigenvalue weighted by Crippen LogP contribution is -2.40. The molecule has 1 amide bonds. The van der Waals surface area contributed by atoms with Gasteiger partial charge in [-0.3, -0.25) is 9.89 Å². The molecule has 2 heterocycles. The predicted octanol–water partition coefficient (Wildman–Crippen LogP) is 2.51. The predicted molar refractivity (Wildman–Crippen MR) is 89.1 cm³/mol. The van der Waals surface area contributed by atoms with E-state index < -0.39 is 5.97 Å². The minimum atomic E-state index is -0.912. The smallest absolute Gasteiger partial charge is 0.335 e. The van der Waals surface area contributed by atoms with Crippen LogP contribution in [-0.4, -0.2) is 45.2 Å². The van der Waals surface area contributed by atoms with E-state index in [0.717, 1.165) is 37.1 Å². The van der Waals surface area contributed by atoms with E-state index in [1.54, 1.807) is 18.2 Å². The van der Waals surface area contributed by atoms with E-state index in [2.05, 4.69) is 10.2 Å². The summed E-state index contributed by atoms with van der Waals surface area (Å²) in [4.78, 5) is 25.3. The SMILES string of the molecule is Cc1cc(C(=O)N2CCCC(Cc3ccc(C(=O)O)cc3)C2)n[nH]1. The highest BCUT2D eigenvalue weighted by molar-refractivity contribution is 5.92. The first-order valence-corrected chi connectivity index (χ1v) is 8.16. The van der Waals surface area contributed by atoms with Gasteiger partial charge in [0.05, 0.1) is 5.56 Å². The number of rotatable bonds is 4. The van der Waals surface area contributed by atoms with E-state index in [1.165, 1.54) is 0 Å². The number of aromatic carboxylic acids is 1. The number of likely N-dealkylation sites (tertiary alicyclic amines) is 1. The second-order valence-electron chi connectivity index (χ2n) is 6.40. The first kappa shape index (κ1) is 16.2. The molecule has 1 saturated heterocycles. The van der Waals surface area contributed by atoms with Gasteiger partial charge in [0.2, 0.25) is 0 Å². The van der Waals surface area contributed by atoms with Crippen LogP contribution in [0.25, 0.3) is 0 Å². The van der Waals surface area contributed by atoms with E-state index in [0.29, 0.717) is 23.7 Å². The second-order valence-corrected chi connectivity index (χ2v) is 6.40. The number of hydrogen-bond donors (Lipinski definition) is 2. The van der Waals surface area contributed by atoms with Crippen LogP contribution in [0.5, 0.6) is 0 Å². The van der Waals surface area contributed by atoms with Crippen molar-refractivity contribution in [2.24, 2.45) is 5.92 Å². The molecule has 1 aliphatic heterocycles. The average molecular weight is 327 g/mol. The Labute approximate surface area is 140 Å². The number of amides is 1. The molecule has 2 aromatic rings. The van der Waals surface area contributed by atoms with Gasteiger partial charge in [-0.2, -0.15) is 5.10 Å². The van der Waals surface area contributed by atoms with E-state index in [9.17, 15) is 9.59 Å². The number of carboxylic acids is 1. The molecule has 1 aromatic carbocycles. The Balaban J connectivity index is 1.63. The van der Waals surface area contributed by atoms with E-state index in [4.69, 9.17) is 5.11 Å². The summed E-state index contributed by atoms with van der Waals surface area (Å²) in [6, 6.07) is 8.77. The molecule has 0 aliphatic carbocycles. The fourth-order valence-electron chi connectivity index (χ4n) is 3.22. The van der Waals surface area contributed by atoms with E-state index in [1.807, 2.05) is 24.0 Å². The van der Waals surface area contributed by atoms with Gasteiger partial charge in [0.25, 0.3) is 5.91 Å². The highest BCUT2D eigenvalue weighted by Crippen LogP contribution is 2.22. The number of H-pyrrole nitrogens is 1. The van der Waals surface area contributed by atoms with Crippen LogP contribution in [0.2, 0.25) is 0 Å². The number of aryl methyl sites for hydroxylation is 1. The Kier molecular flexibility index (Phi) is 4.64. The maximum absolute atomic E-state index is 12.5. The zero-order valence-electron chi connectivity index (χ0n) is 13.7. The minimum absolute atomic E-state index is 0.0229. The summed E-state index contributed by atoms with van der Waals surface area (Å²) >= 11 is 0. The van der Waals surface area contributed by atoms with Crippen molar-refractivity contribution in [2.45, 2.75) is 26.2 Å². The average Bonchev–Trinajstić information content (AvgIpc) is 3.01. The van der Waals surface area contributed by atoms with Gasteiger partial charge in [-0.1, -0.05) is 12.1 Å². The fraction of sp³-hybridized carbons (Fsp3) is 0.389. The Hall–Kier alpha value is -2.63. The molecular weight excluding hydrogens is 306 g/mol. The number of nitrogens with zero attached hydrogens (tertiary/aromatic N) is 2. The number of piperidine rings is 1. The fourth-order valence-corrected chi connectivity index (χ4v) is 3.22. The zero-order valence-corrected chi connectivity index (χ0v) is 13.7. The van der Waals surface area contributed by atoms with Crippen LogP contribution in [-0.2, 0) is 6.42 Å². The Bertz CT molecular complexity index is 736. The Morgan fingerprint density at radius 2 is 2.08 bits per heavy atom. The molecule has 24 heavy (non-hydrogen) atoms. The third kappa shape index (κ3) is 3.64. The van der Waals surface area contributed by atoms with Crippen LogP contribution < -0.4 is 0 Å². The quantitative estimate of drug-likeness (QED) is 0.903. The summed E-state index contributed by atoms with van der Waals surface area (Å²) in [5.41, 5.74) is 2.76. The highest BCUT2D eigenvalue weighted by Gasteiger charge is 2.25. The molecule has 6 nitrogen and oxygen atoms in total. The topological polar surface area (TPSA) is 86.3 Å². The molecule has 1 aromatic heterocycles. The maximum atomic E-state index is 12.5. The van der Waals surface area contributed by atoms with Crippen molar-refractivity contribution in [1.82, 2.24) is 15.1 Å². The normalized spacial score (nSPS) is 17.7. The largest absolute Gasteiger partial charge is 0.478 e. The minimum Gasteiger partial charge on any atom is -0.478 e. The van der Waals surface area contributed by atoms with Crippen molar-refractivity contribution in [2.75, 3.05) is 13.1 Å². The van der Waals surface area contributed by atoms with Crippen LogP contribution in [0.1, 0.15) is 44.9 Å². The highest BCUT2D eigenvalue weighted by atomic mass is 16.4. The van der Waals surface area contributed by atoms with Crippen LogP contribution in [0.4, 0.5) is 0 Å². The van der Waals surface area contributed by atoms with Gasteiger partial charge < -0.3 is 10.0 Å². The van der Waals surface area contributed by atoms with Crippen molar-refractivity contribution in [3.05, 3.63) is 52.8 Å². The zero-order chi connectivity index (χ0) is 17.1. The number of carboxylic acid groups (broad SMARTS) is 1. The molecule has 0 spiro atoms. The van der Waals surface area contributed by atoms with Crippen molar-refractivity contribution in [1.29, 1.82) is 0 Å². The first-order valence-electron chi connectivity index (χ1n) is 8.16. The maximum Gasteiger partial charge on any atom is 0.335 e. The molecule has 1 fully saturated rings. The molecule has 0 saturated carbocycles. The lowest BCUT2D eigenvalue weighted by atomic mass is 9.91. The number of benzene rings is 1. The molecule has 6 heteroatoms. The molecular formula is C18H21N3O3. The van der Waals surface area contributed by atoms with Crippen molar-refractivity contribution >= 4 is 11.9 Å². The Morgan fingerprint density at radius 1 is 1.33 bits per heavy atom. The number of aromatic amines is 1. The van der Waals surface area contributed by atoms with Crippen LogP contribution in [0, 0.1) is 12.8 Å². The van der Waals surface area contributed by atoms with Crippen molar-refractivity contribution in [3.63, 3.8) is 0 Å². The molecule has 0 bridgehead atoms. The number of carbonyl (C=O) groups is 2. The Morgan fingerprint density at radius 3 is 2.71 bits per heavy atom. The van der Waals surface area contributed by atoms with E-state index in [-0.39, 0.29) is 5.91 Å². The van der Waals surface area contributed by atoms with Gasteiger partial charge in [0.1, 0.15) is 5.69 Å². The molecule has 0 radical (unpaired) electrons. The summed E-state index contributed by atoms with van der Waals surface area (Å²) in [6.07, 6.45) is 2.90. The van der Waals surface area contributed by atoms with Gasteiger partial charge >= 0.3 is 5.97 Å². The number of carbonyl (C=O) groups excluding carboxylic acids is 1. The molecule has 1 aliphatic rings. The van der Waals surface area contributed by atoms with Crippen LogP contribution >= 0.6 is 0 Å². The number of hydrogen-bond acceptors (Lipinski definition) is 3. The lowest BCUT2D eigenvalue weighted by Gasteiger charge is -2.32. The molecule has 3 rings (SSSR count). The van der Waals surface area contributed by atoms with Crippen LogP contribution in [0.3, 0.4) is 0 Å². The summed E-state index contributed by atoms with van der Waals surface area (Å²) in [5, 5.41) is 15.8. The second kappa shape index (κ2) is 6.86. The summed E-state index contributed by atoms with van der Waals surface area (Å²) in [6.45, 7) is 3.36. The first-order chi connectivity index (χ1) is 11.5. The van der Waals surface area contributed by atoms with Gasteiger partial charge in [-0.15, -0.1) is 0 Å². The van der Waals surface area contributed by atoms with Gasteiger partial charge in [-0.05, 0) is 55.9 Å². The molecule has 126 valence electrons. The van der Waals surface area contributed by atoms with Crippen molar-refractivity contribution < 1.29 is 14.7 Å². The summed E-state index contributed by atoms with van der Waals surface area (Å²) < 4.78 is 0. The summed E-state index contributed by atoms with van der Waals surface area (Å²) in [5.74, 6) is -0.547. The monoisotopic (exact) mass is 327 g/mol. The lowest BCUT2D eigenvalue weighted by molar-refractivity contribution is 0.0664. The standard InChI is InChI=1S/C18H21N3O3/c1-12-9-16(20-19-12)17(22)21-8-2-3-14(11-21)10-13-4-6-15(7-5-13)18(23)24/h4-7,9,14H,2-3,8,10-11H2,1H3,(H,19,20)(H,23,24).